The van der Waals surface area contributed by atoms with Crippen molar-refractivity contribution in [2.24, 2.45) is 17.0 Å². The number of nitrogens with zero attached hydrogens (tertiary/aromatic N) is 3. The first-order valence-electron chi connectivity index (χ1n) is 5.41. The van der Waals surface area contributed by atoms with E-state index in [4.69, 9.17) is 0 Å². The Morgan fingerprint density at radius 3 is 2.33 bits per heavy atom. The van der Waals surface area contributed by atoms with Crippen LogP contribution in [0.5, 0.6) is 0 Å². The third kappa shape index (κ3) is 1.68. The zero-order chi connectivity index (χ0) is 13.1. The molecular formula is C14H13N3O. The van der Waals surface area contributed by atoms with Gasteiger partial charge in [0.1, 0.15) is 5.69 Å². The van der Waals surface area contributed by atoms with Crippen molar-refractivity contribution in [2.45, 2.75) is 0 Å². The van der Waals surface area contributed by atoms with Crippen molar-refractivity contribution in [3.8, 4) is 11.3 Å². The van der Waals surface area contributed by atoms with Crippen LogP contribution in [0.1, 0.15) is 10.4 Å². The second-order valence-corrected chi connectivity index (χ2v) is 3.79. The number of rotatable bonds is 4. The molecule has 2 aromatic rings. The van der Waals surface area contributed by atoms with Gasteiger partial charge in [0.05, 0.1) is 11.3 Å². The summed E-state index contributed by atoms with van der Waals surface area (Å²) in [6.45, 7) is 6.99. The summed E-state index contributed by atoms with van der Waals surface area (Å²) in [6.07, 6.45) is 0.779. The predicted octanol–water partition coefficient (Wildman–Crippen LogP) is 3.17. The summed E-state index contributed by atoms with van der Waals surface area (Å²) in [5.74, 6) is 0.547. The fourth-order valence-corrected chi connectivity index (χ4v) is 2.07. The zero-order valence-electron chi connectivity index (χ0n) is 10.1. The van der Waals surface area contributed by atoms with Gasteiger partial charge in [-0.25, -0.2) is 4.99 Å². The Bertz CT molecular complexity index is 612. The lowest BCUT2D eigenvalue weighted by Crippen LogP contribution is -1.93. The van der Waals surface area contributed by atoms with Crippen LogP contribution in [-0.2, 0) is 7.05 Å². The fraction of sp³-hybridized carbons (Fsp3) is 0.0714. The van der Waals surface area contributed by atoms with Gasteiger partial charge in [0.2, 0.25) is 0 Å². The quantitative estimate of drug-likeness (QED) is 0.597. The molecule has 0 bridgehead atoms. The van der Waals surface area contributed by atoms with Crippen LogP contribution in [0.15, 0.2) is 40.3 Å². The summed E-state index contributed by atoms with van der Waals surface area (Å²) in [5, 5.41) is 0. The Balaban J connectivity index is 2.82. The number of benzene rings is 1. The van der Waals surface area contributed by atoms with E-state index in [1.807, 2.05) is 37.4 Å². The number of aromatic nitrogens is 1. The predicted molar refractivity (Wildman–Crippen MR) is 74.7 cm³/mol. The molecule has 0 spiro atoms. The van der Waals surface area contributed by atoms with E-state index in [1.165, 1.54) is 0 Å². The Morgan fingerprint density at radius 2 is 1.83 bits per heavy atom. The third-order valence-electron chi connectivity index (χ3n) is 2.85. The SMILES string of the molecule is C=Nc1c(C=O)c(-c2ccccc2)n(C)c1N=C. The van der Waals surface area contributed by atoms with Crippen molar-refractivity contribution in [3.63, 3.8) is 0 Å². The van der Waals surface area contributed by atoms with Crippen LogP contribution in [0.4, 0.5) is 11.5 Å². The highest BCUT2D eigenvalue weighted by Crippen LogP contribution is 2.40. The van der Waals surface area contributed by atoms with E-state index < -0.39 is 0 Å². The Labute approximate surface area is 105 Å². The molecular weight excluding hydrogens is 226 g/mol. The Morgan fingerprint density at radius 1 is 1.17 bits per heavy atom. The summed E-state index contributed by atoms with van der Waals surface area (Å²) in [6, 6.07) is 9.62. The summed E-state index contributed by atoms with van der Waals surface area (Å²) < 4.78 is 1.80. The minimum Gasteiger partial charge on any atom is -0.326 e. The van der Waals surface area contributed by atoms with E-state index in [-0.39, 0.29) is 0 Å². The average Bonchev–Trinajstić information content (AvgIpc) is 2.70. The van der Waals surface area contributed by atoms with E-state index in [1.54, 1.807) is 4.57 Å². The molecule has 90 valence electrons. The summed E-state index contributed by atoms with van der Waals surface area (Å²) in [4.78, 5) is 19.1. The minimum absolute atomic E-state index is 0.473. The van der Waals surface area contributed by atoms with Crippen LogP contribution >= 0.6 is 0 Å². The third-order valence-corrected chi connectivity index (χ3v) is 2.85. The molecule has 1 aromatic heterocycles. The lowest BCUT2D eigenvalue weighted by molar-refractivity contribution is 0.112. The minimum atomic E-state index is 0.473. The highest BCUT2D eigenvalue weighted by atomic mass is 16.1. The van der Waals surface area contributed by atoms with Crippen LogP contribution in [0, 0.1) is 0 Å². The van der Waals surface area contributed by atoms with Gasteiger partial charge in [-0.15, -0.1) is 0 Å². The van der Waals surface area contributed by atoms with Crippen LogP contribution in [0.2, 0.25) is 0 Å². The standard InChI is InChI=1S/C14H13N3O/c1-15-12-11(9-18)13(17(3)14(12)16-2)10-7-5-4-6-8-10/h4-9H,1-2H2,3H3. The molecule has 0 aliphatic carbocycles. The first kappa shape index (κ1) is 12.0. The van der Waals surface area contributed by atoms with Gasteiger partial charge in [-0.05, 0) is 19.0 Å². The highest BCUT2D eigenvalue weighted by molar-refractivity contribution is 5.97. The van der Waals surface area contributed by atoms with Crippen LogP contribution in [0.25, 0.3) is 11.3 Å². The first-order chi connectivity index (χ1) is 8.74. The van der Waals surface area contributed by atoms with E-state index in [0.29, 0.717) is 17.1 Å². The molecule has 4 heteroatoms. The van der Waals surface area contributed by atoms with Crippen molar-refractivity contribution in [3.05, 3.63) is 35.9 Å². The highest BCUT2D eigenvalue weighted by Gasteiger charge is 2.20. The maximum atomic E-state index is 11.3. The Hall–Kier alpha value is -2.49. The molecule has 0 fully saturated rings. The van der Waals surface area contributed by atoms with Gasteiger partial charge in [-0.3, -0.25) is 9.79 Å². The van der Waals surface area contributed by atoms with Crippen LogP contribution < -0.4 is 0 Å². The molecule has 0 atom stereocenters. The van der Waals surface area contributed by atoms with E-state index in [2.05, 4.69) is 23.4 Å². The van der Waals surface area contributed by atoms with Crippen LogP contribution in [-0.4, -0.2) is 24.3 Å². The molecule has 1 heterocycles. The molecule has 0 amide bonds. The molecule has 4 nitrogen and oxygen atoms in total. The number of carbonyl (C=O) groups is 1. The molecule has 18 heavy (non-hydrogen) atoms. The normalized spacial score (nSPS) is 10.1. The summed E-state index contributed by atoms with van der Waals surface area (Å²) >= 11 is 0. The first-order valence-corrected chi connectivity index (χ1v) is 5.41. The van der Waals surface area contributed by atoms with Crippen molar-refractivity contribution < 1.29 is 4.79 Å². The number of carbonyl (C=O) groups excluding carboxylic acids is 1. The molecule has 0 unspecified atom stereocenters. The van der Waals surface area contributed by atoms with Gasteiger partial charge >= 0.3 is 0 Å². The molecule has 0 radical (unpaired) electrons. The maximum Gasteiger partial charge on any atom is 0.158 e. The van der Waals surface area contributed by atoms with E-state index in [9.17, 15) is 4.79 Å². The van der Waals surface area contributed by atoms with Crippen molar-refractivity contribution in [1.82, 2.24) is 4.57 Å². The largest absolute Gasteiger partial charge is 0.326 e. The van der Waals surface area contributed by atoms with E-state index in [0.717, 1.165) is 17.5 Å². The van der Waals surface area contributed by atoms with Crippen molar-refractivity contribution in [2.75, 3.05) is 0 Å². The smallest absolute Gasteiger partial charge is 0.158 e. The molecule has 0 aliphatic heterocycles. The second-order valence-electron chi connectivity index (χ2n) is 3.79. The molecule has 0 saturated carbocycles. The molecule has 0 N–H and O–H groups in total. The van der Waals surface area contributed by atoms with Gasteiger partial charge in [0.15, 0.2) is 12.1 Å². The molecule has 2 rings (SSSR count). The van der Waals surface area contributed by atoms with E-state index >= 15 is 0 Å². The van der Waals surface area contributed by atoms with Crippen LogP contribution in [0.3, 0.4) is 0 Å². The lowest BCUT2D eigenvalue weighted by atomic mass is 10.1. The zero-order valence-corrected chi connectivity index (χ0v) is 10.1. The Kier molecular flexibility index (Phi) is 3.19. The van der Waals surface area contributed by atoms with Gasteiger partial charge < -0.3 is 4.57 Å². The fourth-order valence-electron chi connectivity index (χ4n) is 2.07. The monoisotopic (exact) mass is 239 g/mol. The maximum absolute atomic E-state index is 11.3. The van der Waals surface area contributed by atoms with Gasteiger partial charge in [-0.2, -0.15) is 0 Å². The van der Waals surface area contributed by atoms with Gasteiger partial charge in [0, 0.05) is 7.05 Å². The number of aliphatic imine (C=N–C) groups is 2. The number of hydrogen-bond donors (Lipinski definition) is 0. The topological polar surface area (TPSA) is 46.7 Å². The van der Waals surface area contributed by atoms with Gasteiger partial charge in [-0.1, -0.05) is 30.3 Å². The molecule has 0 aliphatic rings. The summed E-state index contributed by atoms with van der Waals surface area (Å²) in [5.41, 5.74) is 2.67. The lowest BCUT2D eigenvalue weighted by Gasteiger charge is -2.05. The molecule has 1 aromatic carbocycles. The number of hydrogen-bond acceptors (Lipinski definition) is 3. The van der Waals surface area contributed by atoms with Crippen molar-refractivity contribution >= 4 is 31.2 Å². The molecule has 0 saturated heterocycles. The average molecular weight is 239 g/mol. The number of aldehydes is 1. The van der Waals surface area contributed by atoms with Gasteiger partial charge in [0.25, 0.3) is 0 Å². The van der Waals surface area contributed by atoms with Crippen molar-refractivity contribution in [1.29, 1.82) is 0 Å². The summed E-state index contributed by atoms with van der Waals surface area (Å²) in [7, 11) is 1.83. The second kappa shape index (κ2) is 4.79.